The lowest BCUT2D eigenvalue weighted by Crippen LogP contribution is -2.58. The predicted molar refractivity (Wildman–Crippen MR) is 232 cm³/mol. The summed E-state index contributed by atoms with van der Waals surface area (Å²) in [5.74, 6) is -0.777. The summed E-state index contributed by atoms with van der Waals surface area (Å²) in [6.07, 6.45) is -0.149. The van der Waals surface area contributed by atoms with E-state index in [1.807, 2.05) is 57.2 Å². The number of carbonyl (C=O) groups is 4. The van der Waals surface area contributed by atoms with Gasteiger partial charge >= 0.3 is 11.9 Å². The summed E-state index contributed by atoms with van der Waals surface area (Å²) in [4.78, 5) is 63.4. The topological polar surface area (TPSA) is 185 Å². The largest absolute Gasteiger partial charge is 0.461 e. The molecular formula is C44H55N9O6S. The molecule has 0 spiro atoms. The average Bonchev–Trinajstić information content (AvgIpc) is 3.83. The fourth-order valence-corrected chi connectivity index (χ4v) is 8.53. The molecule has 2 amide bonds. The van der Waals surface area contributed by atoms with Gasteiger partial charge in [0.2, 0.25) is 11.8 Å². The highest BCUT2D eigenvalue weighted by Crippen LogP contribution is 2.34. The van der Waals surface area contributed by atoms with E-state index >= 15 is 0 Å². The molecule has 6 rings (SSSR count). The number of carbonyl (C=O) groups excluding carboxylic acids is 4. The van der Waals surface area contributed by atoms with Crippen molar-refractivity contribution in [2.75, 3.05) is 49.9 Å². The lowest BCUT2D eigenvalue weighted by atomic mass is 9.85. The minimum absolute atomic E-state index is 0.0887. The van der Waals surface area contributed by atoms with Crippen LogP contribution in [0.3, 0.4) is 0 Å². The van der Waals surface area contributed by atoms with Gasteiger partial charge in [-0.25, -0.2) is 4.98 Å². The number of nitrogens with zero attached hydrogens (tertiary/aromatic N) is 6. The Balaban J connectivity index is 1.09. The summed E-state index contributed by atoms with van der Waals surface area (Å²) in [6.45, 7) is 19.3. The minimum atomic E-state index is -0.867. The second-order valence-corrected chi connectivity index (χ2v) is 17.3. The van der Waals surface area contributed by atoms with Crippen molar-refractivity contribution in [3.63, 3.8) is 0 Å². The Labute approximate surface area is 355 Å². The van der Waals surface area contributed by atoms with E-state index in [0.29, 0.717) is 61.0 Å². The van der Waals surface area contributed by atoms with E-state index in [4.69, 9.17) is 15.2 Å². The molecule has 2 aliphatic rings. The van der Waals surface area contributed by atoms with E-state index < -0.39 is 35.5 Å². The van der Waals surface area contributed by atoms with Crippen molar-refractivity contribution < 1.29 is 28.7 Å². The normalized spacial score (nSPS) is 18.1. The summed E-state index contributed by atoms with van der Waals surface area (Å²) >= 11 is 1.61. The maximum Gasteiger partial charge on any atom is 0.308 e. The first kappa shape index (κ1) is 43.7. The number of amides is 2. The first-order chi connectivity index (χ1) is 28.5. The zero-order valence-corrected chi connectivity index (χ0v) is 36.2. The number of para-hydroxylation sites is 1. The molecule has 2 aliphatic heterocycles. The van der Waals surface area contributed by atoms with Gasteiger partial charge in [-0.2, -0.15) is 0 Å². The minimum Gasteiger partial charge on any atom is -0.461 e. The molecule has 60 heavy (non-hydrogen) atoms. The third-order valence-electron chi connectivity index (χ3n) is 10.8. The van der Waals surface area contributed by atoms with E-state index in [1.54, 1.807) is 34.4 Å². The molecule has 0 saturated carbocycles. The fourth-order valence-electron chi connectivity index (χ4n) is 7.72. The number of benzene rings is 2. The third kappa shape index (κ3) is 10.5. The zero-order chi connectivity index (χ0) is 43.3. The van der Waals surface area contributed by atoms with Crippen LogP contribution in [0.25, 0.3) is 21.7 Å². The van der Waals surface area contributed by atoms with Crippen molar-refractivity contribution in [3.05, 3.63) is 83.6 Å². The number of anilines is 2. The van der Waals surface area contributed by atoms with Gasteiger partial charge in [-0.3, -0.25) is 24.1 Å². The van der Waals surface area contributed by atoms with Gasteiger partial charge in [0.25, 0.3) is 0 Å². The number of rotatable bonds is 13. The molecule has 15 nitrogen and oxygen atoms in total. The van der Waals surface area contributed by atoms with Crippen molar-refractivity contribution in [2.45, 2.75) is 79.1 Å². The summed E-state index contributed by atoms with van der Waals surface area (Å²) < 4.78 is 11.0. The van der Waals surface area contributed by atoms with Crippen molar-refractivity contribution in [3.8, 4) is 27.4 Å². The van der Waals surface area contributed by atoms with E-state index in [2.05, 4.69) is 61.6 Å². The maximum absolute atomic E-state index is 14.6. The first-order valence-electron chi connectivity index (χ1n) is 20.1. The standard InChI is InChI=1S/C44H55N9O6S/c1-26(31-13-15-32(16-14-31)40-28(3)46-25-60-40)47-27(2)36-21-33(58-29(4)54)23-53(36)43(57)41(44(6,7)8)48-39(56)24-51-17-19-52(20-18-51)37-22-35(49-50-42(37)45)34-11-9-10-12-38(34)59-30(5)55/h9-16,22,25-26,33,36,41,47H,2,17-21,23-24H2,1,3-8H3,(H2,45,50)(H,48,56)/t26-,33+,36-,41+/m0/s1. The molecule has 4 aromatic rings. The zero-order valence-electron chi connectivity index (χ0n) is 35.4. The quantitative estimate of drug-likeness (QED) is 0.119. The van der Waals surface area contributed by atoms with Gasteiger partial charge in [-0.15, -0.1) is 21.5 Å². The lowest BCUT2D eigenvalue weighted by Gasteiger charge is -2.38. The number of nitrogens with one attached hydrogen (secondary N) is 2. The van der Waals surface area contributed by atoms with Crippen molar-refractivity contribution in [2.24, 2.45) is 5.41 Å². The molecule has 0 radical (unpaired) electrons. The lowest BCUT2D eigenvalue weighted by molar-refractivity contribution is -0.147. The highest BCUT2D eigenvalue weighted by molar-refractivity contribution is 7.13. The van der Waals surface area contributed by atoms with Gasteiger partial charge in [0.05, 0.1) is 46.6 Å². The average molecular weight is 838 g/mol. The van der Waals surface area contributed by atoms with Crippen LogP contribution in [0.4, 0.5) is 11.5 Å². The number of hydrogen-bond donors (Lipinski definition) is 3. The SMILES string of the molecule is C=C(N[C@@H](C)c1ccc(-c2scnc2C)cc1)[C@@H]1C[C@@H](OC(C)=O)CN1C(=O)[C@@H](NC(=O)CN1CCN(c2cc(-c3ccccc3OC(C)=O)nnc2N)CC1)C(C)(C)C. The molecule has 2 fully saturated rings. The Kier molecular flexibility index (Phi) is 13.5. The first-order valence-corrected chi connectivity index (χ1v) is 21.0. The van der Waals surface area contributed by atoms with Gasteiger partial charge in [0, 0.05) is 63.7 Å². The molecule has 16 heteroatoms. The number of ether oxygens (including phenoxy) is 2. The Morgan fingerprint density at radius 2 is 1.68 bits per heavy atom. The van der Waals surface area contributed by atoms with E-state index in [9.17, 15) is 19.2 Å². The molecule has 318 valence electrons. The van der Waals surface area contributed by atoms with Crippen LogP contribution in [0.1, 0.15) is 65.3 Å². The fraction of sp³-hybridized carbons (Fsp3) is 0.432. The Bertz CT molecular complexity index is 2210. The van der Waals surface area contributed by atoms with Crippen LogP contribution in [0.2, 0.25) is 0 Å². The number of hydrogen-bond acceptors (Lipinski definition) is 14. The molecular weight excluding hydrogens is 783 g/mol. The third-order valence-corrected chi connectivity index (χ3v) is 11.8. The number of esters is 2. The van der Waals surface area contributed by atoms with Gasteiger partial charge in [-0.1, -0.05) is 63.7 Å². The number of piperazine rings is 1. The van der Waals surface area contributed by atoms with Crippen molar-refractivity contribution in [1.82, 2.24) is 35.6 Å². The molecule has 0 aliphatic carbocycles. The Morgan fingerprint density at radius 1 is 0.983 bits per heavy atom. The molecule has 0 unspecified atom stereocenters. The number of nitrogen functional groups attached to an aromatic ring is 1. The van der Waals surface area contributed by atoms with Crippen LogP contribution in [0.5, 0.6) is 5.75 Å². The number of aromatic nitrogens is 3. The molecule has 4 heterocycles. The molecule has 2 saturated heterocycles. The number of aryl methyl sites for hydroxylation is 1. The monoisotopic (exact) mass is 837 g/mol. The Morgan fingerprint density at radius 3 is 2.32 bits per heavy atom. The van der Waals surface area contributed by atoms with E-state index in [0.717, 1.165) is 21.7 Å². The molecule has 2 aromatic carbocycles. The van der Waals surface area contributed by atoms with Crippen LogP contribution < -0.4 is 26.0 Å². The second-order valence-electron chi connectivity index (χ2n) is 16.5. The summed E-state index contributed by atoms with van der Waals surface area (Å²) in [7, 11) is 0. The van der Waals surface area contributed by atoms with Gasteiger partial charge in [0.1, 0.15) is 17.9 Å². The van der Waals surface area contributed by atoms with Crippen LogP contribution in [0.15, 0.2) is 72.4 Å². The maximum atomic E-state index is 14.6. The van der Waals surface area contributed by atoms with Crippen LogP contribution >= 0.6 is 11.3 Å². The molecule has 4 N–H and O–H groups in total. The predicted octanol–water partition coefficient (Wildman–Crippen LogP) is 5.13. The highest BCUT2D eigenvalue weighted by Gasteiger charge is 2.44. The summed E-state index contributed by atoms with van der Waals surface area (Å²) in [5, 5.41) is 15.0. The van der Waals surface area contributed by atoms with E-state index in [-0.39, 0.29) is 36.8 Å². The Hall–Kier alpha value is -5.87. The molecule has 4 atom stereocenters. The number of thiazole rings is 1. The van der Waals surface area contributed by atoms with E-state index in [1.165, 1.54) is 13.8 Å². The highest BCUT2D eigenvalue weighted by atomic mass is 32.1. The van der Waals surface area contributed by atoms with Crippen molar-refractivity contribution >= 4 is 46.6 Å². The van der Waals surface area contributed by atoms with Crippen molar-refractivity contribution in [1.29, 1.82) is 0 Å². The smallest absolute Gasteiger partial charge is 0.308 e. The second kappa shape index (κ2) is 18.6. The van der Waals surface area contributed by atoms with Gasteiger partial charge in [0.15, 0.2) is 5.82 Å². The number of nitrogens with two attached hydrogens (primary N) is 1. The van der Waals surface area contributed by atoms with Crippen LogP contribution in [-0.2, 0) is 23.9 Å². The summed E-state index contributed by atoms with van der Waals surface area (Å²) in [5.41, 5.74) is 13.1. The molecule has 2 aromatic heterocycles. The molecule has 0 bridgehead atoms. The van der Waals surface area contributed by atoms with Gasteiger partial charge in [-0.05, 0) is 48.6 Å². The van der Waals surface area contributed by atoms with Crippen LogP contribution in [0, 0.1) is 12.3 Å². The van der Waals surface area contributed by atoms with Gasteiger partial charge < -0.3 is 35.6 Å². The summed E-state index contributed by atoms with van der Waals surface area (Å²) in [6, 6.07) is 15.7. The number of likely N-dealkylation sites (tertiary alicyclic amines) is 1. The van der Waals surface area contributed by atoms with Crippen LogP contribution in [-0.4, -0.2) is 106 Å².